The Morgan fingerprint density at radius 2 is 1.74 bits per heavy atom. The third-order valence-corrected chi connectivity index (χ3v) is 4.19. The van der Waals surface area contributed by atoms with Crippen molar-refractivity contribution < 1.29 is 19.1 Å². The first-order chi connectivity index (χ1) is 12.9. The molecule has 2 rings (SSSR count). The molecule has 0 aromatic heterocycles. The van der Waals surface area contributed by atoms with Crippen molar-refractivity contribution in [2.24, 2.45) is 0 Å². The van der Waals surface area contributed by atoms with Gasteiger partial charge in [-0.15, -0.1) is 0 Å². The summed E-state index contributed by atoms with van der Waals surface area (Å²) in [4.78, 5) is 35.2. The lowest BCUT2D eigenvalue weighted by atomic mass is 10.1. The van der Waals surface area contributed by atoms with Gasteiger partial charge >= 0.3 is 5.97 Å². The van der Waals surface area contributed by atoms with E-state index >= 15 is 0 Å². The van der Waals surface area contributed by atoms with E-state index in [0.29, 0.717) is 21.2 Å². The highest BCUT2D eigenvalue weighted by Gasteiger charge is 2.09. The third-order valence-electron chi connectivity index (χ3n) is 3.36. The minimum atomic E-state index is -0.744. The molecule has 0 saturated carbocycles. The van der Waals surface area contributed by atoms with Gasteiger partial charge in [-0.25, -0.2) is 4.79 Å². The Kier molecular flexibility index (Phi) is 7.40. The monoisotopic (exact) mass is 406 g/mol. The Labute approximate surface area is 166 Å². The van der Waals surface area contributed by atoms with Crippen molar-refractivity contribution in [2.75, 3.05) is 6.61 Å². The van der Waals surface area contributed by atoms with Crippen LogP contribution in [0.2, 0.25) is 10.0 Å². The number of amides is 2. The van der Waals surface area contributed by atoms with E-state index in [9.17, 15) is 14.4 Å². The van der Waals surface area contributed by atoms with Crippen LogP contribution in [-0.4, -0.2) is 24.4 Å². The molecule has 0 bridgehead atoms. The first-order valence-electron chi connectivity index (χ1n) is 7.81. The van der Waals surface area contributed by atoms with Crippen molar-refractivity contribution in [3.8, 4) is 0 Å². The number of hydrazine groups is 1. The van der Waals surface area contributed by atoms with Crippen molar-refractivity contribution in [3.05, 3.63) is 75.3 Å². The van der Waals surface area contributed by atoms with Crippen LogP contribution < -0.4 is 10.9 Å². The van der Waals surface area contributed by atoms with Crippen molar-refractivity contribution in [3.63, 3.8) is 0 Å². The van der Waals surface area contributed by atoms with Crippen LogP contribution in [0.1, 0.15) is 21.5 Å². The first-order valence-corrected chi connectivity index (χ1v) is 8.57. The summed E-state index contributed by atoms with van der Waals surface area (Å²) in [6.07, 6.45) is 2.54. The van der Waals surface area contributed by atoms with Gasteiger partial charge in [0.1, 0.15) is 0 Å². The van der Waals surface area contributed by atoms with Crippen LogP contribution in [0, 0.1) is 6.92 Å². The van der Waals surface area contributed by atoms with Crippen LogP contribution >= 0.6 is 23.2 Å². The summed E-state index contributed by atoms with van der Waals surface area (Å²) in [5.41, 5.74) is 6.33. The summed E-state index contributed by atoms with van der Waals surface area (Å²) in [6.45, 7) is 1.34. The van der Waals surface area contributed by atoms with Crippen LogP contribution in [-0.2, 0) is 14.3 Å². The van der Waals surface area contributed by atoms with E-state index in [1.807, 2.05) is 6.92 Å². The number of ether oxygens (including phenoxy) is 1. The van der Waals surface area contributed by atoms with Gasteiger partial charge in [0.05, 0.1) is 10.0 Å². The molecule has 2 N–H and O–H groups in total. The van der Waals surface area contributed by atoms with Crippen molar-refractivity contribution in [1.29, 1.82) is 0 Å². The predicted molar refractivity (Wildman–Crippen MR) is 103 cm³/mol. The minimum Gasteiger partial charge on any atom is -0.452 e. The molecule has 2 aromatic carbocycles. The van der Waals surface area contributed by atoms with Gasteiger partial charge in [-0.3, -0.25) is 20.4 Å². The Morgan fingerprint density at radius 1 is 1.04 bits per heavy atom. The van der Waals surface area contributed by atoms with Crippen molar-refractivity contribution >= 4 is 47.1 Å². The molecule has 2 aromatic rings. The first kappa shape index (κ1) is 20.5. The Morgan fingerprint density at radius 3 is 2.44 bits per heavy atom. The van der Waals surface area contributed by atoms with E-state index in [1.165, 1.54) is 6.08 Å². The molecule has 0 atom stereocenters. The zero-order valence-corrected chi connectivity index (χ0v) is 15.8. The molecule has 8 heteroatoms. The highest BCUT2D eigenvalue weighted by Crippen LogP contribution is 2.26. The number of esters is 1. The van der Waals surface area contributed by atoms with Crippen LogP contribution in [0.5, 0.6) is 0 Å². The molecule has 0 heterocycles. The van der Waals surface area contributed by atoms with Gasteiger partial charge in [0.15, 0.2) is 6.61 Å². The molecular formula is C19H16Cl2N2O4. The van der Waals surface area contributed by atoms with Gasteiger partial charge in [-0.05, 0) is 36.8 Å². The van der Waals surface area contributed by atoms with Crippen LogP contribution in [0.4, 0.5) is 0 Å². The van der Waals surface area contributed by atoms with Crippen molar-refractivity contribution in [2.45, 2.75) is 6.92 Å². The molecule has 0 radical (unpaired) electrons. The lowest BCUT2D eigenvalue weighted by Crippen LogP contribution is -2.43. The maximum absolute atomic E-state index is 11.8. The molecule has 0 saturated heterocycles. The number of benzene rings is 2. The summed E-state index contributed by atoms with van der Waals surface area (Å²) < 4.78 is 4.78. The topological polar surface area (TPSA) is 84.5 Å². The molecule has 2 amide bonds. The second-order valence-corrected chi connectivity index (χ2v) is 6.24. The fourth-order valence-corrected chi connectivity index (χ4v) is 2.30. The molecule has 0 fully saturated rings. The molecule has 27 heavy (non-hydrogen) atoms. The maximum Gasteiger partial charge on any atom is 0.331 e. The van der Waals surface area contributed by atoms with E-state index in [0.717, 1.165) is 11.6 Å². The van der Waals surface area contributed by atoms with Gasteiger partial charge < -0.3 is 4.74 Å². The minimum absolute atomic E-state index is 0.305. The molecule has 0 aliphatic carbocycles. The fraction of sp³-hybridized carbons (Fsp3) is 0.105. The van der Waals surface area contributed by atoms with E-state index < -0.39 is 24.4 Å². The van der Waals surface area contributed by atoms with Gasteiger partial charge in [-0.1, -0.05) is 53.0 Å². The molecule has 0 spiro atoms. The molecule has 6 nitrogen and oxygen atoms in total. The lowest BCUT2D eigenvalue weighted by Gasteiger charge is -2.07. The van der Waals surface area contributed by atoms with E-state index in [4.69, 9.17) is 27.9 Å². The SMILES string of the molecule is Cc1ccc(C(=O)NNC(=O)COC(=O)/C=C/c2cccc(Cl)c2Cl)cc1. The fourth-order valence-electron chi connectivity index (χ4n) is 1.93. The van der Waals surface area contributed by atoms with Gasteiger partial charge in [-0.2, -0.15) is 0 Å². The molecule has 140 valence electrons. The van der Waals surface area contributed by atoms with Crippen LogP contribution in [0.15, 0.2) is 48.5 Å². The molecule has 0 unspecified atom stereocenters. The number of carbonyl (C=O) groups excluding carboxylic acids is 3. The number of nitrogens with one attached hydrogen (secondary N) is 2. The normalized spacial score (nSPS) is 10.5. The van der Waals surface area contributed by atoms with Gasteiger partial charge in [0.2, 0.25) is 0 Å². The standard InChI is InChI=1S/C19H16Cl2N2O4/c1-12-5-7-14(8-6-12)19(26)23-22-16(24)11-27-17(25)10-9-13-3-2-4-15(20)18(13)21/h2-10H,11H2,1H3,(H,22,24)(H,23,26)/b10-9+. The quantitative estimate of drug-likeness (QED) is 0.453. The predicted octanol–water partition coefficient (Wildman–Crippen LogP) is 3.32. The summed E-state index contributed by atoms with van der Waals surface area (Å²) in [7, 11) is 0. The summed E-state index contributed by atoms with van der Waals surface area (Å²) in [5.74, 6) is -1.91. The van der Waals surface area contributed by atoms with Crippen molar-refractivity contribution in [1.82, 2.24) is 10.9 Å². The number of hydrogen-bond donors (Lipinski definition) is 2. The largest absolute Gasteiger partial charge is 0.452 e. The summed E-state index contributed by atoms with van der Waals surface area (Å²) in [5, 5.41) is 0.663. The molecule has 0 aliphatic heterocycles. The van der Waals surface area contributed by atoms with Gasteiger partial charge in [0, 0.05) is 11.6 Å². The highest BCUT2D eigenvalue weighted by atomic mass is 35.5. The highest BCUT2D eigenvalue weighted by molar-refractivity contribution is 6.42. The lowest BCUT2D eigenvalue weighted by molar-refractivity contribution is -0.144. The average molecular weight is 407 g/mol. The Hall–Kier alpha value is -2.83. The Bertz CT molecular complexity index is 880. The van der Waals surface area contributed by atoms with Gasteiger partial charge in [0.25, 0.3) is 11.8 Å². The summed E-state index contributed by atoms with van der Waals surface area (Å²) >= 11 is 11.9. The maximum atomic E-state index is 11.8. The summed E-state index contributed by atoms with van der Waals surface area (Å²) in [6, 6.07) is 11.8. The number of carbonyl (C=O) groups is 3. The van der Waals surface area contributed by atoms with E-state index in [1.54, 1.807) is 42.5 Å². The second kappa shape index (κ2) is 9.75. The third kappa shape index (κ3) is 6.44. The molecule has 0 aliphatic rings. The Balaban J connectivity index is 1.77. The number of halogens is 2. The van der Waals surface area contributed by atoms with E-state index in [2.05, 4.69) is 10.9 Å². The van der Waals surface area contributed by atoms with Crippen LogP contribution in [0.25, 0.3) is 6.08 Å². The smallest absolute Gasteiger partial charge is 0.331 e. The molecular weight excluding hydrogens is 391 g/mol. The zero-order valence-electron chi connectivity index (χ0n) is 14.3. The number of aryl methyl sites for hydroxylation is 1. The average Bonchev–Trinajstić information content (AvgIpc) is 2.66. The zero-order chi connectivity index (χ0) is 19.8. The van der Waals surface area contributed by atoms with Crippen LogP contribution in [0.3, 0.4) is 0 Å². The number of hydrogen-bond acceptors (Lipinski definition) is 4. The second-order valence-electron chi connectivity index (χ2n) is 5.45. The number of rotatable bonds is 5. The van der Waals surface area contributed by atoms with E-state index in [-0.39, 0.29) is 0 Å².